The Morgan fingerprint density at radius 2 is 2.07 bits per heavy atom. The standard InChI is InChI=1S/C12H15BrO2/c1-8-11(14)5-6-12(8)15-7-9-3-2-4-10(9)13/h2-7H2,1H3. The van der Waals surface area contributed by atoms with Gasteiger partial charge in [-0.3, -0.25) is 4.79 Å². The van der Waals surface area contributed by atoms with Gasteiger partial charge >= 0.3 is 0 Å². The van der Waals surface area contributed by atoms with E-state index in [-0.39, 0.29) is 5.78 Å². The third-order valence-corrected chi connectivity index (χ3v) is 4.05. The lowest BCUT2D eigenvalue weighted by molar-refractivity contribution is -0.114. The minimum atomic E-state index is 0.240. The van der Waals surface area contributed by atoms with E-state index in [9.17, 15) is 4.79 Å². The molecule has 0 fully saturated rings. The highest BCUT2D eigenvalue weighted by Gasteiger charge is 2.21. The van der Waals surface area contributed by atoms with Crippen LogP contribution in [0.2, 0.25) is 0 Å². The highest BCUT2D eigenvalue weighted by Crippen LogP contribution is 2.32. The lowest BCUT2D eigenvalue weighted by Crippen LogP contribution is -1.98. The fraction of sp³-hybridized carbons (Fsp3) is 0.583. The molecule has 82 valence electrons. The van der Waals surface area contributed by atoms with E-state index in [0.29, 0.717) is 13.0 Å². The quantitative estimate of drug-likeness (QED) is 0.785. The topological polar surface area (TPSA) is 26.3 Å². The molecule has 15 heavy (non-hydrogen) atoms. The molecule has 0 N–H and O–H groups in total. The van der Waals surface area contributed by atoms with Gasteiger partial charge in [0.1, 0.15) is 12.4 Å². The predicted molar refractivity (Wildman–Crippen MR) is 62.7 cm³/mol. The molecule has 0 radical (unpaired) electrons. The summed E-state index contributed by atoms with van der Waals surface area (Å²) in [6.45, 7) is 2.52. The number of hydrogen-bond acceptors (Lipinski definition) is 2. The van der Waals surface area contributed by atoms with E-state index >= 15 is 0 Å². The zero-order chi connectivity index (χ0) is 10.8. The minimum absolute atomic E-state index is 0.240. The summed E-state index contributed by atoms with van der Waals surface area (Å²) < 4.78 is 7.01. The second kappa shape index (κ2) is 4.52. The number of Topliss-reactive ketones (excluding diaryl/α,β-unsaturated/α-hetero) is 1. The molecular formula is C12H15BrO2. The van der Waals surface area contributed by atoms with E-state index in [1.165, 1.54) is 16.5 Å². The Morgan fingerprint density at radius 1 is 1.27 bits per heavy atom. The summed E-state index contributed by atoms with van der Waals surface area (Å²) in [4.78, 5) is 11.3. The largest absolute Gasteiger partial charge is 0.493 e. The van der Waals surface area contributed by atoms with Gasteiger partial charge in [-0.1, -0.05) is 15.9 Å². The molecule has 0 aromatic carbocycles. The summed E-state index contributed by atoms with van der Waals surface area (Å²) >= 11 is 3.56. The number of carbonyl (C=O) groups is 1. The number of ether oxygens (including phenoxy) is 1. The van der Waals surface area contributed by atoms with Crippen molar-refractivity contribution in [3.8, 4) is 0 Å². The molecule has 0 bridgehead atoms. The first-order chi connectivity index (χ1) is 7.18. The zero-order valence-electron chi connectivity index (χ0n) is 8.94. The van der Waals surface area contributed by atoms with Crippen molar-refractivity contribution in [1.82, 2.24) is 0 Å². The number of allylic oxidation sites excluding steroid dienone is 3. The molecule has 0 aliphatic heterocycles. The van der Waals surface area contributed by atoms with Gasteiger partial charge in [-0.2, -0.15) is 0 Å². The highest BCUT2D eigenvalue weighted by atomic mass is 79.9. The number of ketones is 1. The zero-order valence-corrected chi connectivity index (χ0v) is 10.5. The molecule has 2 rings (SSSR count). The summed E-state index contributed by atoms with van der Waals surface area (Å²) in [6, 6.07) is 0. The van der Waals surface area contributed by atoms with Crippen LogP contribution in [0.5, 0.6) is 0 Å². The summed E-state index contributed by atoms with van der Waals surface area (Å²) in [5.74, 6) is 1.14. The van der Waals surface area contributed by atoms with E-state index in [2.05, 4.69) is 15.9 Å². The molecule has 3 heteroatoms. The predicted octanol–water partition coefficient (Wildman–Crippen LogP) is 3.47. The van der Waals surface area contributed by atoms with Crippen molar-refractivity contribution in [2.24, 2.45) is 0 Å². The van der Waals surface area contributed by atoms with Crippen LogP contribution in [0.25, 0.3) is 0 Å². The van der Waals surface area contributed by atoms with Gasteiger partial charge in [-0.25, -0.2) is 0 Å². The van der Waals surface area contributed by atoms with Crippen LogP contribution in [-0.2, 0) is 9.53 Å². The third-order valence-electron chi connectivity index (χ3n) is 3.09. The average Bonchev–Trinajstić information content (AvgIpc) is 2.74. The maximum absolute atomic E-state index is 11.3. The van der Waals surface area contributed by atoms with E-state index in [1.54, 1.807) is 0 Å². The molecule has 2 aliphatic rings. The Morgan fingerprint density at radius 3 is 2.60 bits per heavy atom. The minimum Gasteiger partial charge on any atom is -0.493 e. The molecule has 0 spiro atoms. The molecule has 0 heterocycles. The van der Waals surface area contributed by atoms with Crippen LogP contribution in [0.15, 0.2) is 21.4 Å². The van der Waals surface area contributed by atoms with Crippen molar-refractivity contribution in [2.45, 2.75) is 39.0 Å². The van der Waals surface area contributed by atoms with Crippen LogP contribution in [0.3, 0.4) is 0 Å². The van der Waals surface area contributed by atoms with Crippen LogP contribution in [0, 0.1) is 0 Å². The van der Waals surface area contributed by atoms with Crippen molar-refractivity contribution < 1.29 is 9.53 Å². The van der Waals surface area contributed by atoms with Gasteiger partial charge in [-0.05, 0) is 36.2 Å². The van der Waals surface area contributed by atoms with Crippen molar-refractivity contribution in [1.29, 1.82) is 0 Å². The molecule has 0 unspecified atom stereocenters. The normalized spacial score (nSPS) is 21.9. The Labute approximate surface area is 98.5 Å². The average molecular weight is 271 g/mol. The van der Waals surface area contributed by atoms with E-state index < -0.39 is 0 Å². The van der Waals surface area contributed by atoms with Gasteiger partial charge in [0.15, 0.2) is 5.78 Å². The summed E-state index contributed by atoms with van der Waals surface area (Å²) in [5, 5.41) is 0. The Kier molecular flexibility index (Phi) is 3.29. The number of carbonyl (C=O) groups excluding carboxylic acids is 1. The van der Waals surface area contributed by atoms with Crippen LogP contribution in [0.4, 0.5) is 0 Å². The summed E-state index contributed by atoms with van der Waals surface area (Å²) in [5.41, 5.74) is 2.18. The SMILES string of the molecule is CC1=C(OCC2=C(Br)CCC2)CCC1=O. The van der Waals surface area contributed by atoms with Crippen molar-refractivity contribution in [2.75, 3.05) is 6.61 Å². The Hall–Kier alpha value is -0.570. The molecule has 0 amide bonds. The van der Waals surface area contributed by atoms with Gasteiger partial charge in [-0.15, -0.1) is 0 Å². The maximum atomic E-state index is 11.3. The number of rotatable bonds is 3. The first-order valence-electron chi connectivity index (χ1n) is 5.40. The lowest BCUT2D eigenvalue weighted by atomic mass is 10.2. The molecular weight excluding hydrogens is 256 g/mol. The Balaban J connectivity index is 1.94. The van der Waals surface area contributed by atoms with Gasteiger partial charge < -0.3 is 4.74 Å². The molecule has 0 saturated carbocycles. The van der Waals surface area contributed by atoms with Crippen molar-refractivity contribution >= 4 is 21.7 Å². The lowest BCUT2D eigenvalue weighted by Gasteiger charge is -2.08. The molecule has 0 atom stereocenters. The first kappa shape index (κ1) is 10.9. The molecule has 0 aromatic heterocycles. The van der Waals surface area contributed by atoms with Crippen LogP contribution >= 0.6 is 15.9 Å². The molecule has 2 aliphatic carbocycles. The van der Waals surface area contributed by atoms with Gasteiger partial charge in [0.2, 0.25) is 0 Å². The van der Waals surface area contributed by atoms with Gasteiger partial charge in [0.05, 0.1) is 0 Å². The smallest absolute Gasteiger partial charge is 0.162 e. The number of halogens is 1. The molecule has 0 saturated heterocycles. The first-order valence-corrected chi connectivity index (χ1v) is 6.20. The van der Waals surface area contributed by atoms with Crippen molar-refractivity contribution in [3.63, 3.8) is 0 Å². The van der Waals surface area contributed by atoms with E-state index in [4.69, 9.17) is 4.74 Å². The molecule has 0 aromatic rings. The molecule has 2 nitrogen and oxygen atoms in total. The van der Waals surface area contributed by atoms with Crippen LogP contribution in [-0.4, -0.2) is 12.4 Å². The van der Waals surface area contributed by atoms with Crippen LogP contribution < -0.4 is 0 Å². The van der Waals surface area contributed by atoms with Gasteiger partial charge in [0, 0.05) is 18.4 Å². The second-order valence-corrected chi connectivity index (χ2v) is 5.08. The summed E-state index contributed by atoms with van der Waals surface area (Å²) in [6.07, 6.45) is 4.89. The summed E-state index contributed by atoms with van der Waals surface area (Å²) in [7, 11) is 0. The highest BCUT2D eigenvalue weighted by molar-refractivity contribution is 9.11. The van der Waals surface area contributed by atoms with Gasteiger partial charge in [0.25, 0.3) is 0 Å². The maximum Gasteiger partial charge on any atom is 0.162 e. The van der Waals surface area contributed by atoms with E-state index in [1.807, 2.05) is 6.92 Å². The monoisotopic (exact) mass is 270 g/mol. The third kappa shape index (κ3) is 2.33. The number of hydrogen-bond donors (Lipinski definition) is 0. The Bertz CT molecular complexity index is 353. The second-order valence-electron chi connectivity index (χ2n) is 4.12. The van der Waals surface area contributed by atoms with E-state index in [0.717, 1.165) is 30.6 Å². The fourth-order valence-electron chi connectivity index (χ4n) is 2.03. The fourth-order valence-corrected chi connectivity index (χ4v) is 2.63. The van der Waals surface area contributed by atoms with Crippen molar-refractivity contribution in [3.05, 3.63) is 21.4 Å². The van der Waals surface area contributed by atoms with Crippen LogP contribution in [0.1, 0.15) is 39.0 Å².